The lowest BCUT2D eigenvalue weighted by Crippen LogP contribution is -1.99. The number of aryl methyl sites for hydroxylation is 3. The first-order valence-corrected chi connectivity index (χ1v) is 6.86. The normalized spacial score (nSPS) is 13.7. The highest BCUT2D eigenvalue weighted by Crippen LogP contribution is 2.27. The molecule has 1 aromatic carbocycles. The van der Waals surface area contributed by atoms with Crippen LogP contribution < -0.4 is 5.32 Å². The third kappa shape index (κ3) is 1.74. The number of fused-ring (bicyclic) bond motifs is 2. The van der Waals surface area contributed by atoms with E-state index in [4.69, 9.17) is 0 Å². The zero-order valence-corrected chi connectivity index (χ0v) is 11.3. The Labute approximate surface area is 116 Å². The second-order valence-electron chi connectivity index (χ2n) is 5.18. The lowest BCUT2D eigenvalue weighted by Gasteiger charge is -2.08. The lowest BCUT2D eigenvalue weighted by atomic mass is 10.1. The standard InChI is InChI=1S/C15H15N5/c1-10-18-19-15-14(16-7-8-20(10)15)17-13-6-5-11-3-2-4-12(11)9-13/h5-9H,2-4H2,1H3,(H,16,17). The van der Waals surface area contributed by atoms with Gasteiger partial charge in [-0.25, -0.2) is 4.98 Å². The summed E-state index contributed by atoms with van der Waals surface area (Å²) in [6.07, 6.45) is 7.27. The molecule has 1 aliphatic carbocycles. The van der Waals surface area contributed by atoms with Gasteiger partial charge < -0.3 is 5.32 Å². The molecule has 0 saturated heterocycles. The van der Waals surface area contributed by atoms with Crippen molar-refractivity contribution < 1.29 is 0 Å². The molecular formula is C15H15N5. The van der Waals surface area contributed by atoms with Gasteiger partial charge in [0, 0.05) is 18.1 Å². The van der Waals surface area contributed by atoms with Gasteiger partial charge in [0.15, 0.2) is 5.82 Å². The Morgan fingerprint density at radius 1 is 1.15 bits per heavy atom. The highest BCUT2D eigenvalue weighted by Gasteiger charge is 2.12. The molecule has 4 rings (SSSR count). The van der Waals surface area contributed by atoms with Crippen molar-refractivity contribution in [2.45, 2.75) is 26.2 Å². The fourth-order valence-electron chi connectivity index (χ4n) is 2.82. The van der Waals surface area contributed by atoms with Crippen LogP contribution in [0, 0.1) is 6.92 Å². The average Bonchev–Trinajstić information content (AvgIpc) is 3.06. The van der Waals surface area contributed by atoms with E-state index in [0.717, 1.165) is 23.0 Å². The summed E-state index contributed by atoms with van der Waals surface area (Å²) in [6.45, 7) is 1.93. The van der Waals surface area contributed by atoms with Gasteiger partial charge in [-0.2, -0.15) is 0 Å². The Morgan fingerprint density at radius 2 is 2.05 bits per heavy atom. The van der Waals surface area contributed by atoms with E-state index in [-0.39, 0.29) is 0 Å². The van der Waals surface area contributed by atoms with Gasteiger partial charge in [-0.15, -0.1) is 10.2 Å². The fourth-order valence-corrected chi connectivity index (χ4v) is 2.82. The van der Waals surface area contributed by atoms with Crippen LogP contribution in [0.5, 0.6) is 0 Å². The minimum Gasteiger partial charge on any atom is -0.337 e. The van der Waals surface area contributed by atoms with Crippen LogP contribution in [0.1, 0.15) is 23.4 Å². The van der Waals surface area contributed by atoms with Gasteiger partial charge in [0.05, 0.1) is 0 Å². The van der Waals surface area contributed by atoms with Crippen LogP contribution in [0.3, 0.4) is 0 Å². The van der Waals surface area contributed by atoms with Crippen molar-refractivity contribution in [1.29, 1.82) is 0 Å². The highest BCUT2D eigenvalue weighted by atomic mass is 15.3. The number of rotatable bonds is 2. The molecule has 2 heterocycles. The van der Waals surface area contributed by atoms with Crippen molar-refractivity contribution in [3.63, 3.8) is 0 Å². The molecule has 0 spiro atoms. The maximum atomic E-state index is 4.37. The number of benzene rings is 1. The summed E-state index contributed by atoms with van der Waals surface area (Å²) in [5.41, 5.74) is 4.73. The molecule has 20 heavy (non-hydrogen) atoms. The molecule has 2 aromatic heterocycles. The summed E-state index contributed by atoms with van der Waals surface area (Å²) in [5, 5.41) is 11.6. The number of nitrogens with one attached hydrogen (secondary N) is 1. The first-order valence-electron chi connectivity index (χ1n) is 6.86. The average molecular weight is 265 g/mol. The Kier molecular flexibility index (Phi) is 2.45. The Morgan fingerprint density at radius 3 is 3.00 bits per heavy atom. The minimum absolute atomic E-state index is 0.742. The van der Waals surface area contributed by atoms with Crippen molar-refractivity contribution in [2.75, 3.05) is 5.32 Å². The number of aromatic nitrogens is 4. The summed E-state index contributed by atoms with van der Waals surface area (Å²) in [4.78, 5) is 4.37. The summed E-state index contributed by atoms with van der Waals surface area (Å²) < 4.78 is 1.93. The second kappa shape index (κ2) is 4.30. The predicted octanol–water partition coefficient (Wildman–Crippen LogP) is 2.67. The van der Waals surface area contributed by atoms with Gasteiger partial charge in [-0.3, -0.25) is 4.40 Å². The van der Waals surface area contributed by atoms with Crippen molar-refractivity contribution in [3.05, 3.63) is 47.5 Å². The molecule has 0 aliphatic heterocycles. The van der Waals surface area contributed by atoms with E-state index in [1.165, 1.54) is 30.4 Å². The van der Waals surface area contributed by atoms with Crippen LogP contribution in [0.25, 0.3) is 5.65 Å². The summed E-state index contributed by atoms with van der Waals surface area (Å²) in [6, 6.07) is 6.54. The molecule has 3 aromatic rings. The zero-order chi connectivity index (χ0) is 13.5. The summed E-state index contributed by atoms with van der Waals surface area (Å²) in [5.74, 6) is 1.60. The Bertz CT molecular complexity index is 790. The zero-order valence-electron chi connectivity index (χ0n) is 11.3. The number of hydrogen-bond donors (Lipinski definition) is 1. The molecule has 0 radical (unpaired) electrons. The molecule has 0 saturated carbocycles. The highest BCUT2D eigenvalue weighted by molar-refractivity contribution is 5.70. The quantitative estimate of drug-likeness (QED) is 0.774. The molecule has 0 atom stereocenters. The van der Waals surface area contributed by atoms with Crippen LogP contribution in [0.4, 0.5) is 11.5 Å². The van der Waals surface area contributed by atoms with Crippen molar-refractivity contribution in [2.24, 2.45) is 0 Å². The first-order chi connectivity index (χ1) is 9.81. The molecule has 1 aliphatic rings. The largest absolute Gasteiger partial charge is 0.337 e. The molecule has 0 amide bonds. The topological polar surface area (TPSA) is 55.1 Å². The molecule has 100 valence electrons. The van der Waals surface area contributed by atoms with Gasteiger partial charge in [0.25, 0.3) is 0 Å². The van der Waals surface area contributed by atoms with Gasteiger partial charge in [0.2, 0.25) is 5.65 Å². The number of hydrogen-bond acceptors (Lipinski definition) is 4. The molecule has 0 unspecified atom stereocenters. The third-order valence-corrected chi connectivity index (χ3v) is 3.86. The molecule has 0 bridgehead atoms. The molecule has 5 nitrogen and oxygen atoms in total. The molecule has 5 heteroatoms. The monoisotopic (exact) mass is 265 g/mol. The van der Waals surface area contributed by atoms with Crippen molar-refractivity contribution in [1.82, 2.24) is 19.6 Å². The van der Waals surface area contributed by atoms with E-state index < -0.39 is 0 Å². The van der Waals surface area contributed by atoms with Gasteiger partial charge in [-0.1, -0.05) is 6.07 Å². The van der Waals surface area contributed by atoms with E-state index in [0.29, 0.717) is 0 Å². The van der Waals surface area contributed by atoms with Crippen LogP contribution in [0.15, 0.2) is 30.6 Å². The number of nitrogens with zero attached hydrogens (tertiary/aromatic N) is 4. The Hall–Kier alpha value is -2.43. The Balaban J connectivity index is 1.74. The summed E-state index contributed by atoms with van der Waals surface area (Å²) in [7, 11) is 0. The van der Waals surface area contributed by atoms with Gasteiger partial charge in [0.1, 0.15) is 5.82 Å². The molecule has 1 N–H and O–H groups in total. The number of anilines is 2. The fraction of sp³-hybridized carbons (Fsp3) is 0.267. The SMILES string of the molecule is Cc1nnc2c(Nc3ccc4c(c3)CCC4)nccn12. The maximum absolute atomic E-state index is 4.37. The second-order valence-corrected chi connectivity index (χ2v) is 5.18. The van der Waals surface area contributed by atoms with Crippen LogP contribution in [0.2, 0.25) is 0 Å². The van der Waals surface area contributed by atoms with Crippen molar-refractivity contribution >= 4 is 17.2 Å². The van der Waals surface area contributed by atoms with E-state index in [2.05, 4.69) is 38.7 Å². The first kappa shape index (κ1) is 11.4. The minimum atomic E-state index is 0.742. The van der Waals surface area contributed by atoms with Gasteiger partial charge >= 0.3 is 0 Å². The van der Waals surface area contributed by atoms with E-state index in [1.807, 2.05) is 17.5 Å². The lowest BCUT2D eigenvalue weighted by molar-refractivity contribution is 0.912. The van der Waals surface area contributed by atoms with Crippen LogP contribution in [-0.4, -0.2) is 19.6 Å². The molecule has 0 fully saturated rings. The van der Waals surface area contributed by atoms with E-state index in [9.17, 15) is 0 Å². The maximum Gasteiger partial charge on any atom is 0.204 e. The van der Waals surface area contributed by atoms with E-state index in [1.54, 1.807) is 6.20 Å². The molecular weight excluding hydrogens is 250 g/mol. The third-order valence-electron chi connectivity index (χ3n) is 3.86. The smallest absolute Gasteiger partial charge is 0.204 e. The summed E-state index contributed by atoms with van der Waals surface area (Å²) >= 11 is 0. The van der Waals surface area contributed by atoms with E-state index >= 15 is 0 Å². The van der Waals surface area contributed by atoms with Crippen LogP contribution in [-0.2, 0) is 12.8 Å². The predicted molar refractivity (Wildman–Crippen MR) is 77.3 cm³/mol. The van der Waals surface area contributed by atoms with Gasteiger partial charge in [-0.05, 0) is 49.4 Å². The van der Waals surface area contributed by atoms with Crippen molar-refractivity contribution in [3.8, 4) is 0 Å². The van der Waals surface area contributed by atoms with Crippen LogP contribution >= 0.6 is 0 Å².